The Labute approximate surface area is 172 Å². The highest BCUT2D eigenvalue weighted by Gasteiger charge is 2.28. The van der Waals surface area contributed by atoms with E-state index in [2.05, 4.69) is 63.3 Å². The first-order valence-corrected chi connectivity index (χ1v) is 9.72. The fourth-order valence-corrected chi connectivity index (χ4v) is 3.86. The van der Waals surface area contributed by atoms with Gasteiger partial charge in [0, 0.05) is 5.56 Å². The molecular weight excluding hydrogens is 354 g/mol. The van der Waals surface area contributed by atoms with Crippen LogP contribution in [0.25, 0.3) is 5.57 Å². The van der Waals surface area contributed by atoms with Crippen molar-refractivity contribution in [3.63, 3.8) is 0 Å². The monoisotopic (exact) mass is 377 g/mol. The van der Waals surface area contributed by atoms with Gasteiger partial charge in [-0.3, -0.25) is 0 Å². The second kappa shape index (κ2) is 7.41. The van der Waals surface area contributed by atoms with E-state index in [9.17, 15) is 5.26 Å². The molecule has 0 aliphatic carbocycles. The van der Waals surface area contributed by atoms with E-state index in [1.165, 1.54) is 11.1 Å². The van der Waals surface area contributed by atoms with Gasteiger partial charge in [-0.1, -0.05) is 59.7 Å². The molecule has 1 aliphatic heterocycles. The molecule has 0 spiro atoms. The molecule has 0 radical (unpaired) electrons. The topological polar surface area (TPSA) is 48.2 Å². The Balaban J connectivity index is 2.01. The molecule has 142 valence electrons. The predicted molar refractivity (Wildman–Crippen MR) is 121 cm³/mol. The summed E-state index contributed by atoms with van der Waals surface area (Å²) in [6.45, 7) is 8.33. The maximum Gasteiger partial charge on any atom is 0.102 e. The highest BCUT2D eigenvalue weighted by molar-refractivity contribution is 6.27. The standard InChI is InChI=1S/C26H23N3/c1-16-10-11-23(18(3)12-16)28-25-21-14-17(2)13-19(4)24(21)29-26(25)22(15-27)20-8-6-5-7-9-20/h5-14,29H,1-4H3/b26-22-,28-25?. The van der Waals surface area contributed by atoms with E-state index in [0.29, 0.717) is 5.57 Å². The minimum absolute atomic E-state index is 0.599. The Bertz CT molecular complexity index is 1210. The van der Waals surface area contributed by atoms with E-state index >= 15 is 0 Å². The fraction of sp³-hybridized carbons (Fsp3) is 0.154. The van der Waals surface area contributed by atoms with Crippen LogP contribution in [0.5, 0.6) is 0 Å². The van der Waals surface area contributed by atoms with Crippen LogP contribution in [0.3, 0.4) is 0 Å². The molecule has 0 unspecified atom stereocenters. The van der Waals surface area contributed by atoms with Crippen molar-refractivity contribution in [3.8, 4) is 6.07 Å². The van der Waals surface area contributed by atoms with E-state index in [4.69, 9.17) is 4.99 Å². The number of hydrogen-bond acceptors (Lipinski definition) is 3. The van der Waals surface area contributed by atoms with Crippen LogP contribution in [0.1, 0.15) is 33.4 Å². The average molecular weight is 377 g/mol. The minimum Gasteiger partial charge on any atom is -0.352 e. The normalized spacial score (nSPS) is 15.6. The smallest absolute Gasteiger partial charge is 0.102 e. The van der Waals surface area contributed by atoms with Crippen molar-refractivity contribution < 1.29 is 0 Å². The van der Waals surface area contributed by atoms with Crippen molar-refractivity contribution >= 4 is 22.7 Å². The number of allylic oxidation sites excluding steroid dienone is 2. The molecule has 0 saturated heterocycles. The third-order valence-electron chi connectivity index (χ3n) is 5.23. The lowest BCUT2D eigenvalue weighted by atomic mass is 9.99. The maximum absolute atomic E-state index is 10.0. The van der Waals surface area contributed by atoms with Crippen LogP contribution < -0.4 is 5.32 Å². The Morgan fingerprint density at radius 1 is 0.862 bits per heavy atom. The summed E-state index contributed by atoms with van der Waals surface area (Å²) in [7, 11) is 0. The number of anilines is 1. The number of hydrogen-bond donors (Lipinski definition) is 1. The molecule has 0 aromatic heterocycles. The summed E-state index contributed by atoms with van der Waals surface area (Å²) < 4.78 is 0. The summed E-state index contributed by atoms with van der Waals surface area (Å²) in [5.41, 5.74) is 10.7. The molecule has 1 heterocycles. The Morgan fingerprint density at radius 3 is 2.28 bits per heavy atom. The molecule has 4 rings (SSSR count). The first-order chi connectivity index (χ1) is 14.0. The number of nitrogens with one attached hydrogen (secondary N) is 1. The highest BCUT2D eigenvalue weighted by Crippen LogP contribution is 2.37. The molecule has 0 bridgehead atoms. The SMILES string of the molecule is Cc1ccc(N=C2/C(=C(\C#N)c3ccccc3)Nc3c(C)cc(C)cc32)c(C)c1. The lowest BCUT2D eigenvalue weighted by Crippen LogP contribution is -2.06. The zero-order chi connectivity index (χ0) is 20.5. The molecule has 0 saturated carbocycles. The molecular formula is C26H23N3. The van der Waals surface area contributed by atoms with Crippen LogP contribution in [-0.4, -0.2) is 5.71 Å². The Kier molecular flexibility index (Phi) is 4.78. The summed E-state index contributed by atoms with van der Waals surface area (Å²) in [5, 5.41) is 13.5. The third kappa shape index (κ3) is 3.46. The summed E-state index contributed by atoms with van der Waals surface area (Å²) in [6.07, 6.45) is 0. The van der Waals surface area contributed by atoms with Gasteiger partial charge < -0.3 is 5.32 Å². The Hall–Kier alpha value is -3.64. The molecule has 0 amide bonds. The molecule has 3 aromatic rings. The van der Waals surface area contributed by atoms with Crippen LogP contribution >= 0.6 is 0 Å². The summed E-state index contributed by atoms with van der Waals surface area (Å²) in [4.78, 5) is 5.04. The van der Waals surface area contributed by atoms with Gasteiger partial charge in [0.25, 0.3) is 0 Å². The van der Waals surface area contributed by atoms with Crippen molar-refractivity contribution in [1.82, 2.24) is 0 Å². The number of nitriles is 1. The third-order valence-corrected chi connectivity index (χ3v) is 5.23. The molecule has 1 aliphatic rings. The molecule has 0 atom stereocenters. The number of benzene rings is 3. The summed E-state index contributed by atoms with van der Waals surface area (Å²) in [6, 6.07) is 22.7. The Morgan fingerprint density at radius 2 is 1.59 bits per heavy atom. The van der Waals surface area contributed by atoms with Crippen molar-refractivity contribution in [2.75, 3.05) is 5.32 Å². The van der Waals surface area contributed by atoms with E-state index < -0.39 is 0 Å². The lowest BCUT2D eigenvalue weighted by molar-refractivity contribution is 1.34. The van der Waals surface area contributed by atoms with E-state index in [0.717, 1.165) is 45.0 Å². The maximum atomic E-state index is 10.0. The van der Waals surface area contributed by atoms with Crippen LogP contribution in [0.2, 0.25) is 0 Å². The van der Waals surface area contributed by atoms with E-state index in [1.807, 2.05) is 36.4 Å². The molecule has 3 aromatic carbocycles. The van der Waals surface area contributed by atoms with E-state index in [1.54, 1.807) is 0 Å². The first kappa shape index (κ1) is 18.7. The molecule has 3 nitrogen and oxygen atoms in total. The number of aryl methyl sites for hydroxylation is 4. The summed E-state index contributed by atoms with van der Waals surface area (Å²) in [5.74, 6) is 0. The van der Waals surface area contributed by atoms with Crippen LogP contribution in [0.4, 0.5) is 11.4 Å². The predicted octanol–water partition coefficient (Wildman–Crippen LogP) is 6.40. The lowest BCUT2D eigenvalue weighted by Gasteiger charge is -2.08. The average Bonchev–Trinajstić information content (AvgIpc) is 3.04. The fourth-order valence-electron chi connectivity index (χ4n) is 3.86. The van der Waals surface area contributed by atoms with Crippen molar-refractivity contribution in [3.05, 3.63) is 99.7 Å². The molecule has 1 N–H and O–H groups in total. The second-order valence-corrected chi connectivity index (χ2v) is 7.61. The summed E-state index contributed by atoms with van der Waals surface area (Å²) >= 11 is 0. The van der Waals surface area contributed by atoms with Crippen molar-refractivity contribution in [2.45, 2.75) is 27.7 Å². The van der Waals surface area contributed by atoms with Crippen LogP contribution in [-0.2, 0) is 0 Å². The van der Waals surface area contributed by atoms with Gasteiger partial charge in [0.1, 0.15) is 6.07 Å². The van der Waals surface area contributed by atoms with Gasteiger partial charge in [-0.15, -0.1) is 0 Å². The van der Waals surface area contributed by atoms with Crippen molar-refractivity contribution in [1.29, 1.82) is 5.26 Å². The van der Waals surface area contributed by atoms with Gasteiger partial charge in [-0.2, -0.15) is 5.26 Å². The number of rotatable bonds is 2. The van der Waals surface area contributed by atoms with Crippen LogP contribution in [0, 0.1) is 39.0 Å². The van der Waals surface area contributed by atoms with Crippen molar-refractivity contribution in [2.24, 2.45) is 4.99 Å². The number of fused-ring (bicyclic) bond motifs is 1. The van der Waals surface area contributed by atoms with Gasteiger partial charge >= 0.3 is 0 Å². The van der Waals surface area contributed by atoms with Gasteiger partial charge in [0.05, 0.1) is 28.4 Å². The quantitative estimate of drug-likeness (QED) is 0.525. The zero-order valence-corrected chi connectivity index (χ0v) is 17.2. The zero-order valence-electron chi connectivity index (χ0n) is 17.2. The van der Waals surface area contributed by atoms with Crippen LogP contribution in [0.15, 0.2) is 71.4 Å². The minimum atomic E-state index is 0.599. The molecule has 29 heavy (non-hydrogen) atoms. The van der Waals surface area contributed by atoms with Gasteiger partial charge in [-0.25, -0.2) is 4.99 Å². The van der Waals surface area contributed by atoms with E-state index in [-0.39, 0.29) is 0 Å². The molecule has 0 fully saturated rings. The molecule has 3 heteroatoms. The number of aliphatic imine (C=N–C) groups is 1. The van der Waals surface area contributed by atoms with Gasteiger partial charge in [0.15, 0.2) is 0 Å². The largest absolute Gasteiger partial charge is 0.352 e. The van der Waals surface area contributed by atoms with Gasteiger partial charge in [-0.05, 0) is 56.5 Å². The first-order valence-electron chi connectivity index (χ1n) is 9.72. The second-order valence-electron chi connectivity index (χ2n) is 7.61. The highest BCUT2D eigenvalue weighted by atomic mass is 15.0. The number of nitrogens with zero attached hydrogens (tertiary/aromatic N) is 2. The van der Waals surface area contributed by atoms with Gasteiger partial charge in [0.2, 0.25) is 0 Å².